The average molecular weight is 348 g/mol. The van der Waals surface area contributed by atoms with Gasteiger partial charge in [0.2, 0.25) is 0 Å². The summed E-state index contributed by atoms with van der Waals surface area (Å²) in [4.78, 5) is 16.2. The highest BCUT2D eigenvalue weighted by Crippen LogP contribution is 2.58. The Morgan fingerprint density at radius 3 is 2.85 bits per heavy atom. The molecule has 2 saturated carbocycles. The van der Waals surface area contributed by atoms with E-state index in [1.807, 2.05) is 30.5 Å². The topological polar surface area (TPSA) is 73.6 Å². The number of rotatable bonds is 4. The predicted molar refractivity (Wildman–Crippen MR) is 103 cm³/mol. The van der Waals surface area contributed by atoms with E-state index in [-0.39, 0.29) is 5.56 Å². The summed E-state index contributed by atoms with van der Waals surface area (Å²) in [6.07, 6.45) is 9.33. The second-order valence-electron chi connectivity index (χ2n) is 7.92. The maximum Gasteiger partial charge on any atom is 0.271 e. The largest absolute Gasteiger partial charge is 0.367 e. The number of aromatic nitrogens is 3. The number of fused-ring (bicyclic) bond motifs is 1. The van der Waals surface area contributed by atoms with Crippen molar-refractivity contribution in [1.82, 2.24) is 15.2 Å². The van der Waals surface area contributed by atoms with Crippen LogP contribution in [0.5, 0.6) is 0 Å². The highest BCUT2D eigenvalue weighted by atomic mass is 16.1. The Bertz CT molecular complexity index is 970. The average Bonchev–Trinajstić information content (AvgIpc) is 3.42. The second-order valence-corrected chi connectivity index (χ2v) is 7.92. The van der Waals surface area contributed by atoms with Crippen molar-refractivity contribution in [2.45, 2.75) is 50.0 Å². The van der Waals surface area contributed by atoms with Crippen molar-refractivity contribution in [1.29, 1.82) is 0 Å². The molecule has 5 heteroatoms. The van der Waals surface area contributed by atoms with E-state index in [9.17, 15) is 4.79 Å². The zero-order chi connectivity index (χ0) is 17.6. The Morgan fingerprint density at radius 2 is 2.04 bits per heavy atom. The van der Waals surface area contributed by atoms with Crippen LogP contribution in [0.1, 0.15) is 44.1 Å². The highest BCUT2D eigenvalue weighted by molar-refractivity contribution is 5.78. The number of anilines is 1. The van der Waals surface area contributed by atoms with Crippen molar-refractivity contribution in [3.63, 3.8) is 0 Å². The maximum atomic E-state index is 11.8. The predicted octanol–water partition coefficient (Wildman–Crippen LogP) is 3.95. The van der Waals surface area contributed by atoms with Crippen molar-refractivity contribution < 1.29 is 0 Å². The van der Waals surface area contributed by atoms with Gasteiger partial charge in [-0.05, 0) is 73.3 Å². The molecular formula is C21H24N4O. The molecule has 2 aliphatic rings. The molecule has 0 saturated heterocycles. The van der Waals surface area contributed by atoms with E-state index in [4.69, 9.17) is 0 Å². The number of nitrogens with zero attached hydrogens (tertiary/aromatic N) is 1. The Kier molecular flexibility index (Phi) is 3.62. The molecule has 2 heterocycles. The Balaban J connectivity index is 1.38. The molecule has 2 fully saturated rings. The molecule has 0 spiro atoms. The van der Waals surface area contributed by atoms with Gasteiger partial charge in [0.05, 0.1) is 10.9 Å². The lowest BCUT2D eigenvalue weighted by molar-refractivity contribution is 0.273. The van der Waals surface area contributed by atoms with Crippen molar-refractivity contribution in [3.05, 3.63) is 58.5 Å². The van der Waals surface area contributed by atoms with Gasteiger partial charge in [-0.2, -0.15) is 0 Å². The molecule has 0 aliphatic heterocycles. The number of hydrogen-bond donors (Lipinski definition) is 3. The van der Waals surface area contributed by atoms with Crippen molar-refractivity contribution >= 4 is 16.7 Å². The van der Waals surface area contributed by atoms with Gasteiger partial charge in [-0.15, -0.1) is 0 Å². The summed E-state index contributed by atoms with van der Waals surface area (Å²) in [6, 6.07) is 12.9. The minimum atomic E-state index is -0.0336. The fourth-order valence-electron chi connectivity index (χ4n) is 4.89. The fourth-order valence-corrected chi connectivity index (χ4v) is 4.89. The first kappa shape index (κ1) is 15.7. The van der Waals surface area contributed by atoms with Crippen LogP contribution in [0, 0.1) is 5.92 Å². The van der Waals surface area contributed by atoms with E-state index < -0.39 is 0 Å². The van der Waals surface area contributed by atoms with E-state index in [0.29, 0.717) is 17.4 Å². The summed E-state index contributed by atoms with van der Waals surface area (Å²) in [7, 11) is 0. The maximum absolute atomic E-state index is 11.8. The van der Waals surface area contributed by atoms with E-state index in [2.05, 4.69) is 32.6 Å². The Labute approximate surface area is 152 Å². The summed E-state index contributed by atoms with van der Waals surface area (Å²) in [5, 5.41) is 10.1. The van der Waals surface area contributed by atoms with Crippen LogP contribution < -0.4 is 10.9 Å². The number of nitrogens with one attached hydrogen (secondary N) is 3. The lowest BCUT2D eigenvalue weighted by Gasteiger charge is -2.36. The molecule has 3 aromatic rings. The molecule has 5 nitrogen and oxygen atoms in total. The van der Waals surface area contributed by atoms with Crippen LogP contribution in [-0.2, 0) is 5.41 Å². The molecule has 3 N–H and O–H groups in total. The van der Waals surface area contributed by atoms with Crippen LogP contribution in [0.4, 0.5) is 5.82 Å². The third kappa shape index (κ3) is 2.62. The SMILES string of the molecule is O=c1[nH][nH]c2cc(C3(C4CCCC(Nc5ccccn5)C4)CC3)ccc12. The summed E-state index contributed by atoms with van der Waals surface area (Å²) >= 11 is 0. The van der Waals surface area contributed by atoms with Crippen LogP contribution >= 0.6 is 0 Å². The molecule has 2 unspecified atom stereocenters. The fraction of sp³-hybridized carbons (Fsp3) is 0.429. The Morgan fingerprint density at radius 1 is 1.12 bits per heavy atom. The molecule has 2 atom stereocenters. The molecule has 2 aromatic heterocycles. The summed E-state index contributed by atoms with van der Waals surface area (Å²) in [5.74, 6) is 1.68. The number of H-pyrrole nitrogens is 2. The summed E-state index contributed by atoms with van der Waals surface area (Å²) < 4.78 is 0. The van der Waals surface area contributed by atoms with Gasteiger partial charge in [0.1, 0.15) is 5.82 Å². The minimum Gasteiger partial charge on any atom is -0.367 e. The molecule has 5 rings (SSSR count). The van der Waals surface area contributed by atoms with E-state index >= 15 is 0 Å². The number of benzene rings is 1. The minimum absolute atomic E-state index is 0.0336. The van der Waals surface area contributed by atoms with Gasteiger partial charge in [-0.3, -0.25) is 15.0 Å². The van der Waals surface area contributed by atoms with Crippen molar-refractivity contribution in [2.75, 3.05) is 5.32 Å². The molecule has 134 valence electrons. The lowest BCUT2D eigenvalue weighted by atomic mass is 9.72. The quantitative estimate of drug-likeness (QED) is 0.668. The van der Waals surface area contributed by atoms with Crippen molar-refractivity contribution in [3.8, 4) is 0 Å². The zero-order valence-corrected chi connectivity index (χ0v) is 14.8. The standard InChI is InChI=1S/C21H24N4O/c26-20-17-8-7-15(13-18(17)24-25-20)21(9-10-21)14-4-3-5-16(12-14)23-19-6-1-2-11-22-19/h1-2,6-8,11,13-14,16H,3-5,9-10,12H2,(H,22,23)(H2,24,25,26). The van der Waals surface area contributed by atoms with E-state index in [0.717, 1.165) is 16.7 Å². The molecule has 26 heavy (non-hydrogen) atoms. The van der Waals surface area contributed by atoms with Crippen LogP contribution in [0.2, 0.25) is 0 Å². The third-order valence-electron chi connectivity index (χ3n) is 6.41. The van der Waals surface area contributed by atoms with Gasteiger partial charge >= 0.3 is 0 Å². The van der Waals surface area contributed by atoms with Gasteiger partial charge in [-0.25, -0.2) is 4.98 Å². The first-order chi connectivity index (χ1) is 12.7. The third-order valence-corrected chi connectivity index (χ3v) is 6.41. The molecule has 0 amide bonds. The van der Waals surface area contributed by atoms with Crippen molar-refractivity contribution in [2.24, 2.45) is 5.92 Å². The molecule has 2 aliphatic carbocycles. The molecule has 0 bridgehead atoms. The molecule has 1 aromatic carbocycles. The van der Waals surface area contributed by atoms with Crippen LogP contribution in [0.15, 0.2) is 47.4 Å². The highest BCUT2D eigenvalue weighted by Gasteiger charge is 2.51. The van der Waals surface area contributed by atoms with Gasteiger partial charge in [0.15, 0.2) is 0 Å². The number of hydrogen-bond acceptors (Lipinski definition) is 3. The second kappa shape index (κ2) is 6.01. The normalized spacial score (nSPS) is 24.5. The van der Waals surface area contributed by atoms with Gasteiger partial charge in [-0.1, -0.05) is 18.6 Å². The number of aromatic amines is 2. The monoisotopic (exact) mass is 348 g/mol. The first-order valence-electron chi connectivity index (χ1n) is 9.63. The molecular weight excluding hydrogens is 324 g/mol. The van der Waals surface area contributed by atoms with Gasteiger partial charge < -0.3 is 5.32 Å². The summed E-state index contributed by atoms with van der Waals surface area (Å²) in [6.45, 7) is 0. The number of pyridine rings is 1. The summed E-state index contributed by atoms with van der Waals surface area (Å²) in [5.41, 5.74) is 2.59. The molecule has 0 radical (unpaired) electrons. The zero-order valence-electron chi connectivity index (χ0n) is 14.8. The van der Waals surface area contributed by atoms with Crippen LogP contribution in [0.3, 0.4) is 0 Å². The van der Waals surface area contributed by atoms with Crippen LogP contribution in [0.25, 0.3) is 10.9 Å². The lowest BCUT2D eigenvalue weighted by Crippen LogP contribution is -2.33. The van der Waals surface area contributed by atoms with Gasteiger partial charge in [0, 0.05) is 12.2 Å². The van der Waals surface area contributed by atoms with E-state index in [1.165, 1.54) is 44.1 Å². The van der Waals surface area contributed by atoms with Gasteiger partial charge in [0.25, 0.3) is 5.56 Å². The Hall–Kier alpha value is -2.56. The smallest absolute Gasteiger partial charge is 0.271 e. The van der Waals surface area contributed by atoms with Crippen LogP contribution in [-0.4, -0.2) is 21.2 Å². The van der Waals surface area contributed by atoms with E-state index in [1.54, 1.807) is 0 Å². The first-order valence-corrected chi connectivity index (χ1v) is 9.63.